The van der Waals surface area contributed by atoms with E-state index in [-0.39, 0.29) is 23.7 Å². The van der Waals surface area contributed by atoms with Gasteiger partial charge in [-0.1, -0.05) is 27.1 Å². The Morgan fingerprint density at radius 1 is 0.833 bits per heavy atom. The Balaban J connectivity index is 1.60. The Morgan fingerprint density at radius 2 is 1.33 bits per heavy atom. The first kappa shape index (κ1) is 14.9. The van der Waals surface area contributed by atoms with Crippen molar-refractivity contribution in [3.63, 3.8) is 0 Å². The van der Waals surface area contributed by atoms with E-state index in [2.05, 4.69) is 15.9 Å². The summed E-state index contributed by atoms with van der Waals surface area (Å²) in [6.07, 6.45) is 6.83. The summed E-state index contributed by atoms with van der Waals surface area (Å²) < 4.78 is 0.959. The van der Waals surface area contributed by atoms with E-state index < -0.39 is 0 Å². The summed E-state index contributed by atoms with van der Waals surface area (Å²) in [7, 11) is 0. The van der Waals surface area contributed by atoms with E-state index in [1.54, 1.807) is 11.1 Å². The summed E-state index contributed by atoms with van der Waals surface area (Å²) >= 11 is 3.42. The van der Waals surface area contributed by atoms with E-state index in [4.69, 9.17) is 0 Å². The van der Waals surface area contributed by atoms with Crippen molar-refractivity contribution in [2.75, 3.05) is 4.90 Å². The SMILES string of the molecule is O=C1[C@H]2[C@H](C(=O)N1c1ccc(Br)cc1)[C@@H]1CCCC1=C1CCC[C@H]12. The van der Waals surface area contributed by atoms with Gasteiger partial charge in [0.05, 0.1) is 17.5 Å². The molecule has 1 saturated heterocycles. The smallest absolute Gasteiger partial charge is 0.238 e. The van der Waals surface area contributed by atoms with Crippen molar-refractivity contribution in [3.05, 3.63) is 39.9 Å². The van der Waals surface area contributed by atoms with E-state index in [0.717, 1.165) is 35.8 Å². The number of halogens is 1. The van der Waals surface area contributed by atoms with Crippen LogP contribution >= 0.6 is 15.9 Å². The molecule has 0 unspecified atom stereocenters. The van der Waals surface area contributed by atoms with Crippen molar-refractivity contribution < 1.29 is 9.59 Å². The van der Waals surface area contributed by atoms with Crippen molar-refractivity contribution in [3.8, 4) is 0 Å². The van der Waals surface area contributed by atoms with Gasteiger partial charge >= 0.3 is 0 Å². The lowest BCUT2D eigenvalue weighted by Gasteiger charge is -2.34. The minimum atomic E-state index is -0.106. The van der Waals surface area contributed by atoms with E-state index in [1.807, 2.05) is 24.3 Å². The molecule has 0 aromatic heterocycles. The Labute approximate surface area is 150 Å². The molecule has 1 aromatic carbocycles. The molecule has 1 heterocycles. The fourth-order valence-electron chi connectivity index (χ4n) is 5.74. The molecule has 0 N–H and O–H groups in total. The molecule has 24 heavy (non-hydrogen) atoms. The van der Waals surface area contributed by atoms with Crippen molar-refractivity contribution in [2.45, 2.75) is 38.5 Å². The molecule has 0 bridgehead atoms. The molecule has 2 amide bonds. The number of carbonyl (C=O) groups excluding carboxylic acids is 2. The maximum Gasteiger partial charge on any atom is 0.238 e. The molecule has 4 heteroatoms. The Morgan fingerprint density at radius 3 is 1.83 bits per heavy atom. The molecule has 3 nitrogen and oxygen atoms in total. The summed E-state index contributed by atoms with van der Waals surface area (Å²) in [5, 5.41) is 0. The second kappa shape index (κ2) is 5.29. The Kier molecular flexibility index (Phi) is 3.28. The van der Waals surface area contributed by atoms with Gasteiger partial charge in [-0.3, -0.25) is 14.5 Å². The molecular formula is C20H20BrNO2. The van der Waals surface area contributed by atoms with Crippen LogP contribution in [0.2, 0.25) is 0 Å². The van der Waals surface area contributed by atoms with Gasteiger partial charge in [-0.2, -0.15) is 0 Å². The minimum absolute atomic E-state index is 0.0441. The van der Waals surface area contributed by atoms with Crippen LogP contribution in [0.4, 0.5) is 5.69 Å². The lowest BCUT2D eigenvalue weighted by Crippen LogP contribution is -2.35. The molecule has 1 aromatic rings. The van der Waals surface area contributed by atoms with E-state index in [9.17, 15) is 9.59 Å². The van der Waals surface area contributed by atoms with E-state index >= 15 is 0 Å². The molecule has 5 rings (SSSR count). The topological polar surface area (TPSA) is 37.4 Å². The summed E-state index contributed by atoms with van der Waals surface area (Å²) in [6, 6.07) is 7.54. The summed E-state index contributed by atoms with van der Waals surface area (Å²) in [5.41, 5.74) is 3.83. The van der Waals surface area contributed by atoms with Crippen LogP contribution in [0.25, 0.3) is 0 Å². The van der Waals surface area contributed by atoms with Gasteiger partial charge in [0.2, 0.25) is 11.8 Å². The van der Waals surface area contributed by atoms with Crippen LogP contribution in [0.3, 0.4) is 0 Å². The number of fused-ring (bicyclic) bond motifs is 5. The van der Waals surface area contributed by atoms with Crippen molar-refractivity contribution in [2.24, 2.45) is 23.7 Å². The number of imide groups is 1. The first-order valence-electron chi connectivity index (χ1n) is 9.02. The van der Waals surface area contributed by atoms with Gasteiger partial charge in [-0.05, 0) is 74.6 Å². The zero-order valence-corrected chi connectivity index (χ0v) is 15.1. The molecule has 1 aliphatic heterocycles. The van der Waals surface area contributed by atoms with Crippen LogP contribution in [0.1, 0.15) is 38.5 Å². The fourth-order valence-corrected chi connectivity index (χ4v) is 6.00. The molecular weight excluding hydrogens is 366 g/mol. The van der Waals surface area contributed by atoms with Gasteiger partial charge in [0.15, 0.2) is 0 Å². The highest BCUT2D eigenvalue weighted by Crippen LogP contribution is 2.57. The normalized spacial score (nSPS) is 34.6. The number of anilines is 1. The highest BCUT2D eigenvalue weighted by atomic mass is 79.9. The number of allylic oxidation sites excluding steroid dienone is 2. The number of nitrogens with zero attached hydrogens (tertiary/aromatic N) is 1. The number of benzene rings is 1. The molecule has 0 radical (unpaired) electrons. The highest BCUT2D eigenvalue weighted by molar-refractivity contribution is 9.10. The first-order chi connectivity index (χ1) is 11.7. The minimum Gasteiger partial charge on any atom is -0.274 e. The third-order valence-electron chi connectivity index (χ3n) is 6.58. The van der Waals surface area contributed by atoms with E-state index in [0.29, 0.717) is 11.8 Å². The monoisotopic (exact) mass is 385 g/mol. The van der Waals surface area contributed by atoms with Crippen LogP contribution < -0.4 is 4.90 Å². The number of amides is 2. The highest BCUT2D eigenvalue weighted by Gasteiger charge is 2.59. The predicted octanol–water partition coefficient (Wildman–Crippen LogP) is 4.47. The average Bonchev–Trinajstić information content (AvgIpc) is 3.27. The largest absolute Gasteiger partial charge is 0.274 e. The molecule has 3 aliphatic carbocycles. The summed E-state index contributed by atoms with van der Waals surface area (Å²) in [6.45, 7) is 0. The zero-order valence-electron chi connectivity index (χ0n) is 13.5. The second-order valence-corrected chi connectivity index (χ2v) is 8.50. The van der Waals surface area contributed by atoms with Crippen LogP contribution in [0.15, 0.2) is 39.9 Å². The van der Waals surface area contributed by atoms with Gasteiger partial charge in [0.25, 0.3) is 0 Å². The second-order valence-electron chi connectivity index (χ2n) is 7.59. The summed E-state index contributed by atoms with van der Waals surface area (Å²) in [5.74, 6) is 0.536. The number of rotatable bonds is 1. The van der Waals surface area contributed by atoms with Crippen molar-refractivity contribution in [1.82, 2.24) is 0 Å². The molecule has 4 atom stereocenters. The van der Waals surface area contributed by atoms with Crippen LogP contribution in [-0.2, 0) is 9.59 Å². The lowest BCUT2D eigenvalue weighted by molar-refractivity contribution is -0.122. The third-order valence-corrected chi connectivity index (χ3v) is 7.11. The van der Waals surface area contributed by atoms with Gasteiger partial charge < -0.3 is 0 Å². The van der Waals surface area contributed by atoms with Crippen molar-refractivity contribution in [1.29, 1.82) is 0 Å². The predicted molar refractivity (Wildman–Crippen MR) is 95.3 cm³/mol. The van der Waals surface area contributed by atoms with Crippen LogP contribution in [-0.4, -0.2) is 11.8 Å². The fraction of sp³-hybridized carbons (Fsp3) is 0.500. The Hall–Kier alpha value is -1.42. The lowest BCUT2D eigenvalue weighted by atomic mass is 9.66. The van der Waals surface area contributed by atoms with Crippen LogP contribution in [0, 0.1) is 23.7 Å². The number of hydrogen-bond acceptors (Lipinski definition) is 2. The molecule has 124 valence electrons. The first-order valence-corrected chi connectivity index (χ1v) is 9.81. The number of hydrogen-bond donors (Lipinski definition) is 0. The zero-order chi connectivity index (χ0) is 16.4. The third kappa shape index (κ3) is 1.89. The number of carbonyl (C=O) groups is 2. The van der Waals surface area contributed by atoms with Gasteiger partial charge in [0, 0.05) is 4.47 Å². The van der Waals surface area contributed by atoms with Gasteiger partial charge in [-0.25, -0.2) is 0 Å². The van der Waals surface area contributed by atoms with Gasteiger partial charge in [-0.15, -0.1) is 0 Å². The quantitative estimate of drug-likeness (QED) is 0.528. The standard InChI is InChI=1S/C20H20BrNO2/c21-11-7-9-12(10-8-11)22-19(23)17-15-5-1-3-13(15)14-4-2-6-16(14)18(17)20(22)24/h7-10,15-18H,1-6H2/t15-,16-,17-,18-/m1/s1. The molecule has 3 fully saturated rings. The Bertz CT molecular complexity index is 724. The maximum atomic E-state index is 13.2. The van der Waals surface area contributed by atoms with E-state index in [1.165, 1.54) is 17.7 Å². The van der Waals surface area contributed by atoms with Gasteiger partial charge in [0.1, 0.15) is 0 Å². The molecule has 2 saturated carbocycles. The average molecular weight is 386 g/mol. The summed E-state index contributed by atoms with van der Waals surface area (Å²) in [4.78, 5) is 28.0. The molecule has 0 spiro atoms. The van der Waals surface area contributed by atoms with Crippen LogP contribution in [0.5, 0.6) is 0 Å². The maximum absolute atomic E-state index is 13.2. The molecule has 4 aliphatic rings. The van der Waals surface area contributed by atoms with Crippen molar-refractivity contribution >= 4 is 33.4 Å².